The summed E-state index contributed by atoms with van der Waals surface area (Å²) in [5.41, 5.74) is 2.66. The lowest BCUT2D eigenvalue weighted by Crippen LogP contribution is -2.36. The van der Waals surface area contributed by atoms with Crippen LogP contribution in [0.4, 0.5) is 10.5 Å². The molecule has 0 saturated heterocycles. The maximum atomic E-state index is 12.1. The van der Waals surface area contributed by atoms with Gasteiger partial charge in [0.1, 0.15) is 0 Å². The largest absolute Gasteiger partial charge is 0.334 e. The van der Waals surface area contributed by atoms with Crippen molar-refractivity contribution in [3.63, 3.8) is 0 Å². The molecule has 2 aromatic carbocycles. The Morgan fingerprint density at radius 3 is 2.46 bits per heavy atom. The molecule has 0 aliphatic heterocycles. The molecule has 2 rings (SSSR count). The quantitative estimate of drug-likeness (QED) is 0.642. The van der Waals surface area contributed by atoms with Gasteiger partial charge in [-0.2, -0.15) is 0 Å². The van der Waals surface area contributed by atoms with Crippen molar-refractivity contribution in [1.82, 2.24) is 10.6 Å². The smallest absolute Gasteiger partial charge is 0.315 e. The monoisotopic (exact) mass is 417 g/mol. The molecule has 0 aliphatic carbocycles. The highest BCUT2D eigenvalue weighted by Gasteiger charge is 2.10. The predicted molar refractivity (Wildman–Crippen MR) is 108 cm³/mol. The zero-order valence-corrected chi connectivity index (χ0v) is 16.8. The normalized spacial score (nSPS) is 11.7. The van der Waals surface area contributed by atoms with Gasteiger partial charge in [0.05, 0.1) is 6.04 Å². The summed E-state index contributed by atoms with van der Waals surface area (Å²) in [6, 6.07) is 14.9. The van der Waals surface area contributed by atoms with Gasteiger partial charge in [0.25, 0.3) is 0 Å². The number of rotatable bonds is 6. The number of carbonyl (C=O) groups excluding carboxylic acids is 2. The van der Waals surface area contributed by atoms with E-state index < -0.39 is 0 Å². The van der Waals surface area contributed by atoms with Gasteiger partial charge < -0.3 is 16.0 Å². The second-order valence-electron chi connectivity index (χ2n) is 6.45. The number of carbonyl (C=O) groups is 2. The van der Waals surface area contributed by atoms with Gasteiger partial charge in [-0.05, 0) is 42.3 Å². The molecule has 0 heterocycles. The lowest BCUT2D eigenvalue weighted by Gasteiger charge is -2.16. The molecule has 2 aromatic rings. The van der Waals surface area contributed by atoms with E-state index in [0.717, 1.165) is 21.3 Å². The van der Waals surface area contributed by atoms with Crippen LogP contribution in [0.5, 0.6) is 0 Å². The molecule has 1 atom stereocenters. The molecule has 0 radical (unpaired) electrons. The second kappa shape index (κ2) is 9.38. The number of hydrogen-bond acceptors (Lipinski definition) is 2. The molecule has 0 aliphatic rings. The maximum Gasteiger partial charge on any atom is 0.315 e. The van der Waals surface area contributed by atoms with E-state index >= 15 is 0 Å². The molecule has 26 heavy (non-hydrogen) atoms. The average molecular weight is 418 g/mol. The maximum absolute atomic E-state index is 12.1. The van der Waals surface area contributed by atoms with Gasteiger partial charge in [0.2, 0.25) is 5.91 Å². The summed E-state index contributed by atoms with van der Waals surface area (Å²) >= 11 is 3.43. The fraction of sp³-hybridized carbons (Fsp3) is 0.300. The molecule has 138 valence electrons. The summed E-state index contributed by atoms with van der Waals surface area (Å²) in [6.07, 6.45) is 0. The van der Waals surface area contributed by atoms with Gasteiger partial charge >= 0.3 is 6.03 Å². The number of urea groups is 1. The summed E-state index contributed by atoms with van der Waals surface area (Å²) in [5.74, 6) is -0.113. The van der Waals surface area contributed by atoms with Crippen LogP contribution in [0.15, 0.2) is 53.0 Å². The lowest BCUT2D eigenvalue weighted by atomic mass is 10.1. The Bertz CT molecular complexity index is 777. The molecule has 3 amide bonds. The number of halogens is 1. The average Bonchev–Trinajstić information content (AvgIpc) is 2.60. The van der Waals surface area contributed by atoms with Crippen LogP contribution in [0.25, 0.3) is 0 Å². The van der Waals surface area contributed by atoms with Gasteiger partial charge in [-0.15, -0.1) is 0 Å². The van der Waals surface area contributed by atoms with E-state index in [1.54, 1.807) is 0 Å². The molecule has 0 bridgehead atoms. The molecule has 0 aromatic heterocycles. The molecular formula is C20H24BrN3O2. The van der Waals surface area contributed by atoms with E-state index in [0.29, 0.717) is 6.54 Å². The molecule has 0 fully saturated rings. The molecule has 0 unspecified atom stereocenters. The van der Waals surface area contributed by atoms with E-state index in [1.807, 2.05) is 69.3 Å². The van der Waals surface area contributed by atoms with Crippen molar-refractivity contribution in [2.45, 2.75) is 33.4 Å². The standard InChI is InChI=1S/C20H24BrN3O2/c1-13(2)19(25)24-18-9-4-6-15(10-18)12-22-20(26)23-14(3)16-7-5-8-17(21)11-16/h4-11,13-14H,12H2,1-3H3,(H,24,25)(H2,22,23,26)/t14-/m1/s1. The summed E-state index contributed by atoms with van der Waals surface area (Å²) < 4.78 is 0.976. The van der Waals surface area contributed by atoms with Crippen molar-refractivity contribution < 1.29 is 9.59 Å². The molecular weight excluding hydrogens is 394 g/mol. The van der Waals surface area contributed by atoms with Crippen molar-refractivity contribution in [2.75, 3.05) is 5.32 Å². The minimum atomic E-state index is -0.242. The van der Waals surface area contributed by atoms with Crippen LogP contribution in [0.3, 0.4) is 0 Å². The highest BCUT2D eigenvalue weighted by atomic mass is 79.9. The molecule has 5 nitrogen and oxygen atoms in total. The Hall–Kier alpha value is -2.34. The summed E-state index contributed by atoms with van der Waals surface area (Å²) in [6.45, 7) is 6.00. The minimum absolute atomic E-state index is 0.0318. The Kier molecular flexibility index (Phi) is 7.21. The van der Waals surface area contributed by atoms with Gasteiger partial charge in [-0.25, -0.2) is 4.79 Å². The third-order valence-electron chi connectivity index (χ3n) is 3.87. The van der Waals surface area contributed by atoms with Crippen LogP contribution < -0.4 is 16.0 Å². The van der Waals surface area contributed by atoms with E-state index in [-0.39, 0.29) is 23.9 Å². The highest BCUT2D eigenvalue weighted by molar-refractivity contribution is 9.10. The van der Waals surface area contributed by atoms with E-state index in [9.17, 15) is 9.59 Å². The van der Waals surface area contributed by atoms with Crippen LogP contribution in [0.1, 0.15) is 37.9 Å². The second-order valence-corrected chi connectivity index (χ2v) is 7.36. The number of benzene rings is 2. The van der Waals surface area contributed by atoms with Gasteiger partial charge in [0.15, 0.2) is 0 Å². The number of amides is 3. The first-order valence-corrected chi connectivity index (χ1v) is 9.34. The van der Waals surface area contributed by atoms with Crippen LogP contribution in [-0.4, -0.2) is 11.9 Å². The summed E-state index contributed by atoms with van der Waals surface area (Å²) in [4.78, 5) is 23.9. The van der Waals surface area contributed by atoms with Crippen LogP contribution in [-0.2, 0) is 11.3 Å². The van der Waals surface area contributed by atoms with Gasteiger partial charge in [0, 0.05) is 22.6 Å². The highest BCUT2D eigenvalue weighted by Crippen LogP contribution is 2.17. The fourth-order valence-corrected chi connectivity index (χ4v) is 2.75. The first kappa shape index (κ1) is 20.0. The molecule has 0 saturated carbocycles. The molecule has 3 N–H and O–H groups in total. The number of nitrogens with one attached hydrogen (secondary N) is 3. The summed E-state index contributed by atoms with van der Waals surface area (Å²) in [7, 11) is 0. The third-order valence-corrected chi connectivity index (χ3v) is 4.36. The van der Waals surface area contributed by atoms with Crippen LogP contribution in [0.2, 0.25) is 0 Å². The lowest BCUT2D eigenvalue weighted by molar-refractivity contribution is -0.118. The Morgan fingerprint density at radius 2 is 1.77 bits per heavy atom. The molecule has 6 heteroatoms. The van der Waals surface area contributed by atoms with Crippen molar-refractivity contribution in [3.8, 4) is 0 Å². The Morgan fingerprint density at radius 1 is 1.04 bits per heavy atom. The van der Waals surface area contributed by atoms with E-state index in [4.69, 9.17) is 0 Å². The first-order chi connectivity index (χ1) is 12.3. The van der Waals surface area contributed by atoms with Crippen LogP contribution in [0, 0.1) is 5.92 Å². The van der Waals surface area contributed by atoms with E-state index in [1.165, 1.54) is 0 Å². The predicted octanol–water partition coefficient (Wildman–Crippen LogP) is 4.60. The minimum Gasteiger partial charge on any atom is -0.334 e. The zero-order valence-electron chi connectivity index (χ0n) is 15.2. The first-order valence-electron chi connectivity index (χ1n) is 8.55. The summed E-state index contributed by atoms with van der Waals surface area (Å²) in [5, 5.41) is 8.61. The number of hydrogen-bond donors (Lipinski definition) is 3. The van der Waals surface area contributed by atoms with Gasteiger partial charge in [-0.3, -0.25) is 4.79 Å². The van der Waals surface area contributed by atoms with Crippen LogP contribution >= 0.6 is 15.9 Å². The fourth-order valence-electron chi connectivity index (χ4n) is 2.33. The van der Waals surface area contributed by atoms with Crippen molar-refractivity contribution in [3.05, 3.63) is 64.1 Å². The Labute approximate surface area is 162 Å². The third kappa shape index (κ3) is 6.19. The molecule has 0 spiro atoms. The Balaban J connectivity index is 1.88. The van der Waals surface area contributed by atoms with Gasteiger partial charge in [-0.1, -0.05) is 54.0 Å². The van der Waals surface area contributed by atoms with E-state index in [2.05, 4.69) is 31.9 Å². The SMILES string of the molecule is CC(C)C(=O)Nc1cccc(CNC(=O)N[C@H](C)c2cccc(Br)c2)c1. The topological polar surface area (TPSA) is 70.2 Å². The van der Waals surface area contributed by atoms with Crippen molar-refractivity contribution >= 4 is 33.6 Å². The zero-order chi connectivity index (χ0) is 19.1. The van der Waals surface area contributed by atoms with Crippen molar-refractivity contribution in [2.24, 2.45) is 5.92 Å². The van der Waals surface area contributed by atoms with Crippen molar-refractivity contribution in [1.29, 1.82) is 0 Å². The number of anilines is 1.